The number of carbonyl (C=O) groups excluding carboxylic acids is 1. The summed E-state index contributed by atoms with van der Waals surface area (Å²) in [6, 6.07) is -0.107. The highest BCUT2D eigenvalue weighted by Gasteiger charge is 2.10. The molecule has 0 spiro atoms. The second-order valence-corrected chi connectivity index (χ2v) is 2.81. The van der Waals surface area contributed by atoms with Crippen LogP contribution >= 0.6 is 0 Å². The number of nitrogens with one attached hydrogen (secondary N) is 1. The first kappa shape index (κ1) is 10.4. The van der Waals surface area contributed by atoms with Crippen LogP contribution in [0.25, 0.3) is 0 Å². The van der Waals surface area contributed by atoms with Crippen molar-refractivity contribution in [3.63, 3.8) is 0 Å². The maximum Gasteiger partial charge on any atom is 0.236 e. The molecule has 0 saturated carbocycles. The average Bonchev–Trinajstić information content (AvgIpc) is 1.99. The highest BCUT2D eigenvalue weighted by molar-refractivity contribution is 5.81. The van der Waals surface area contributed by atoms with E-state index in [1.54, 1.807) is 6.92 Å². The monoisotopic (exact) mass is 158 g/mol. The number of rotatable bonds is 4. The van der Waals surface area contributed by atoms with Crippen molar-refractivity contribution >= 4 is 5.91 Å². The predicted molar refractivity (Wildman–Crippen MR) is 46.2 cm³/mol. The van der Waals surface area contributed by atoms with E-state index in [1.165, 1.54) is 0 Å². The molecule has 3 heteroatoms. The van der Waals surface area contributed by atoms with Gasteiger partial charge < -0.3 is 11.1 Å². The largest absolute Gasteiger partial charge is 0.352 e. The van der Waals surface area contributed by atoms with Gasteiger partial charge in [0.1, 0.15) is 0 Å². The van der Waals surface area contributed by atoms with Gasteiger partial charge in [-0.1, -0.05) is 13.8 Å². The standard InChI is InChI=1S/C8H18N2O/c1-4-7(5-2)10-8(11)6(3)9/h6-7H,4-5,9H2,1-3H3,(H,10,11)/t6-/m0/s1. The average molecular weight is 158 g/mol. The van der Waals surface area contributed by atoms with Gasteiger partial charge in [-0.15, -0.1) is 0 Å². The molecule has 0 rings (SSSR count). The van der Waals surface area contributed by atoms with E-state index >= 15 is 0 Å². The fourth-order valence-corrected chi connectivity index (χ4v) is 0.825. The summed E-state index contributed by atoms with van der Waals surface area (Å²) in [7, 11) is 0. The van der Waals surface area contributed by atoms with Crippen LogP contribution in [0.15, 0.2) is 0 Å². The van der Waals surface area contributed by atoms with Gasteiger partial charge >= 0.3 is 0 Å². The van der Waals surface area contributed by atoms with Crippen LogP contribution in [0.1, 0.15) is 33.6 Å². The molecule has 0 aromatic rings. The van der Waals surface area contributed by atoms with Crippen LogP contribution in [0, 0.1) is 0 Å². The quantitative estimate of drug-likeness (QED) is 0.630. The molecule has 3 nitrogen and oxygen atoms in total. The molecular formula is C8H18N2O. The molecule has 0 aromatic heterocycles. The molecule has 0 fully saturated rings. The molecule has 0 unspecified atom stereocenters. The van der Waals surface area contributed by atoms with Gasteiger partial charge in [-0.2, -0.15) is 0 Å². The lowest BCUT2D eigenvalue weighted by atomic mass is 10.1. The van der Waals surface area contributed by atoms with Gasteiger partial charge in [-0.3, -0.25) is 4.79 Å². The molecular weight excluding hydrogens is 140 g/mol. The third kappa shape index (κ3) is 3.98. The molecule has 0 aliphatic carbocycles. The SMILES string of the molecule is CCC(CC)NC(=O)[C@H](C)N. The van der Waals surface area contributed by atoms with Gasteiger partial charge in [0.05, 0.1) is 6.04 Å². The Bertz CT molecular complexity index is 119. The van der Waals surface area contributed by atoms with Gasteiger partial charge in [0.15, 0.2) is 0 Å². The van der Waals surface area contributed by atoms with Crippen molar-refractivity contribution in [1.82, 2.24) is 5.32 Å². The Morgan fingerprint density at radius 1 is 1.45 bits per heavy atom. The second-order valence-electron chi connectivity index (χ2n) is 2.81. The van der Waals surface area contributed by atoms with E-state index in [0.29, 0.717) is 0 Å². The third-order valence-electron chi connectivity index (χ3n) is 1.75. The first-order valence-corrected chi connectivity index (χ1v) is 4.17. The molecule has 0 bridgehead atoms. The lowest BCUT2D eigenvalue weighted by Crippen LogP contribution is -2.43. The van der Waals surface area contributed by atoms with Gasteiger partial charge in [0.25, 0.3) is 0 Å². The Morgan fingerprint density at radius 3 is 2.18 bits per heavy atom. The number of carbonyl (C=O) groups is 1. The van der Waals surface area contributed by atoms with Gasteiger partial charge in [-0.25, -0.2) is 0 Å². The van der Waals surface area contributed by atoms with Crippen molar-refractivity contribution in [2.24, 2.45) is 5.73 Å². The summed E-state index contributed by atoms with van der Waals surface area (Å²) >= 11 is 0. The van der Waals surface area contributed by atoms with E-state index in [4.69, 9.17) is 5.73 Å². The van der Waals surface area contributed by atoms with Crippen LogP contribution in [0.3, 0.4) is 0 Å². The van der Waals surface area contributed by atoms with Crippen LogP contribution in [0.2, 0.25) is 0 Å². The van der Waals surface area contributed by atoms with Crippen molar-refractivity contribution in [2.75, 3.05) is 0 Å². The first-order valence-electron chi connectivity index (χ1n) is 4.17. The van der Waals surface area contributed by atoms with E-state index in [2.05, 4.69) is 19.2 Å². The Balaban J connectivity index is 3.72. The fourth-order valence-electron chi connectivity index (χ4n) is 0.825. The highest BCUT2D eigenvalue weighted by atomic mass is 16.2. The molecule has 11 heavy (non-hydrogen) atoms. The molecule has 0 radical (unpaired) electrons. The van der Waals surface area contributed by atoms with E-state index in [1.807, 2.05) is 0 Å². The van der Waals surface area contributed by atoms with Gasteiger partial charge in [0.2, 0.25) is 5.91 Å². The van der Waals surface area contributed by atoms with Crippen molar-refractivity contribution in [2.45, 2.75) is 45.7 Å². The summed E-state index contributed by atoms with van der Waals surface area (Å²) in [5.41, 5.74) is 5.38. The zero-order valence-corrected chi connectivity index (χ0v) is 7.55. The number of nitrogens with two attached hydrogens (primary N) is 1. The van der Waals surface area contributed by atoms with Crippen molar-refractivity contribution < 1.29 is 4.79 Å². The van der Waals surface area contributed by atoms with Crippen LogP contribution < -0.4 is 11.1 Å². The maximum atomic E-state index is 11.0. The summed E-state index contributed by atoms with van der Waals surface area (Å²) in [5, 5.41) is 2.85. The molecule has 1 amide bonds. The first-order chi connectivity index (χ1) is 5.11. The number of hydrogen-bond acceptors (Lipinski definition) is 2. The lowest BCUT2D eigenvalue weighted by Gasteiger charge is -2.15. The zero-order valence-electron chi connectivity index (χ0n) is 7.55. The molecule has 66 valence electrons. The Morgan fingerprint density at radius 2 is 1.91 bits per heavy atom. The minimum Gasteiger partial charge on any atom is -0.352 e. The van der Waals surface area contributed by atoms with Crippen LogP contribution in [-0.2, 0) is 4.79 Å². The van der Waals surface area contributed by atoms with E-state index in [0.717, 1.165) is 12.8 Å². The zero-order chi connectivity index (χ0) is 8.85. The van der Waals surface area contributed by atoms with Crippen molar-refractivity contribution in [1.29, 1.82) is 0 Å². The third-order valence-corrected chi connectivity index (χ3v) is 1.75. The Kier molecular flexibility index (Phi) is 4.86. The van der Waals surface area contributed by atoms with E-state index in [-0.39, 0.29) is 11.9 Å². The summed E-state index contributed by atoms with van der Waals surface area (Å²) in [4.78, 5) is 11.0. The normalized spacial score (nSPS) is 13.2. The molecule has 1 atom stereocenters. The molecule has 3 N–H and O–H groups in total. The predicted octanol–water partition coefficient (Wildman–Crippen LogP) is 0.638. The smallest absolute Gasteiger partial charge is 0.236 e. The Labute approximate surface area is 68.3 Å². The summed E-state index contributed by atoms with van der Waals surface area (Å²) in [6.07, 6.45) is 1.93. The van der Waals surface area contributed by atoms with Crippen LogP contribution in [-0.4, -0.2) is 18.0 Å². The van der Waals surface area contributed by atoms with Crippen molar-refractivity contribution in [3.05, 3.63) is 0 Å². The topological polar surface area (TPSA) is 55.1 Å². The molecule has 0 aromatic carbocycles. The highest BCUT2D eigenvalue weighted by Crippen LogP contribution is 1.95. The van der Waals surface area contributed by atoms with Gasteiger partial charge in [0, 0.05) is 6.04 Å². The molecule has 0 aliphatic heterocycles. The van der Waals surface area contributed by atoms with E-state index in [9.17, 15) is 4.79 Å². The maximum absolute atomic E-state index is 11.0. The number of amides is 1. The van der Waals surface area contributed by atoms with Gasteiger partial charge in [-0.05, 0) is 19.8 Å². The summed E-state index contributed by atoms with van der Waals surface area (Å²) in [5.74, 6) is -0.0568. The summed E-state index contributed by atoms with van der Waals surface area (Å²) in [6.45, 7) is 5.79. The lowest BCUT2D eigenvalue weighted by molar-refractivity contribution is -0.122. The molecule has 0 aliphatic rings. The molecule has 0 saturated heterocycles. The van der Waals surface area contributed by atoms with E-state index < -0.39 is 6.04 Å². The second kappa shape index (κ2) is 5.13. The minimum atomic E-state index is -0.393. The molecule has 0 heterocycles. The fraction of sp³-hybridized carbons (Fsp3) is 0.875. The van der Waals surface area contributed by atoms with Crippen LogP contribution in [0.4, 0.5) is 0 Å². The van der Waals surface area contributed by atoms with Crippen LogP contribution in [0.5, 0.6) is 0 Å². The van der Waals surface area contributed by atoms with Crippen molar-refractivity contribution in [3.8, 4) is 0 Å². The number of hydrogen-bond donors (Lipinski definition) is 2. The minimum absolute atomic E-state index is 0.0568. The summed E-state index contributed by atoms with van der Waals surface area (Å²) < 4.78 is 0. The Hall–Kier alpha value is -0.570.